The van der Waals surface area contributed by atoms with Crippen molar-refractivity contribution >= 4 is 27.3 Å². The summed E-state index contributed by atoms with van der Waals surface area (Å²) >= 11 is 0. The minimum absolute atomic E-state index is 0.393. The summed E-state index contributed by atoms with van der Waals surface area (Å²) in [6, 6.07) is 13.1. The van der Waals surface area contributed by atoms with Crippen LogP contribution in [0.5, 0.6) is 5.75 Å². The third-order valence-corrected chi connectivity index (χ3v) is 5.50. The van der Waals surface area contributed by atoms with Crippen LogP contribution < -0.4 is 14.4 Å². The predicted molar refractivity (Wildman–Crippen MR) is 109 cm³/mol. The van der Waals surface area contributed by atoms with Crippen LogP contribution in [0.1, 0.15) is 32.3 Å². The third kappa shape index (κ3) is 5.23. The molecule has 0 aliphatic rings. The Hall–Kier alpha value is -2.54. The predicted octanol–water partition coefficient (Wildman–Crippen LogP) is 3.61. The lowest BCUT2D eigenvalue weighted by atomic mass is 10.0. The van der Waals surface area contributed by atoms with E-state index in [0.29, 0.717) is 23.0 Å². The number of hydrogen-bond donors (Lipinski definition) is 1. The van der Waals surface area contributed by atoms with Crippen molar-refractivity contribution in [3.8, 4) is 5.75 Å². The zero-order valence-electron chi connectivity index (χ0n) is 16.3. The molecule has 0 unspecified atom stereocenters. The number of carbonyl (C=O) groups is 1. The van der Waals surface area contributed by atoms with Crippen molar-refractivity contribution in [3.05, 3.63) is 54.1 Å². The quantitative estimate of drug-likeness (QED) is 0.784. The molecule has 1 atom stereocenters. The number of anilines is 2. The number of amides is 1. The molecule has 27 heavy (non-hydrogen) atoms. The molecule has 7 heteroatoms. The smallest absolute Gasteiger partial charge is 0.247 e. The highest BCUT2D eigenvalue weighted by atomic mass is 32.2. The summed E-state index contributed by atoms with van der Waals surface area (Å²) in [6.45, 7) is 5.74. The van der Waals surface area contributed by atoms with Crippen molar-refractivity contribution in [2.75, 3.05) is 23.0 Å². The topological polar surface area (TPSA) is 75.7 Å². The molecule has 2 aromatic carbocycles. The summed E-state index contributed by atoms with van der Waals surface area (Å²) in [5, 5.41) is 2.78. The van der Waals surface area contributed by atoms with E-state index in [1.165, 1.54) is 7.11 Å². The molecule has 1 N–H and O–H groups in total. The van der Waals surface area contributed by atoms with Crippen LogP contribution in [0.4, 0.5) is 11.4 Å². The Bertz CT molecular complexity index is 875. The minimum atomic E-state index is -3.66. The molecule has 0 saturated heterocycles. The molecular formula is C20H26N2O4S. The number of sulfonamides is 1. The highest BCUT2D eigenvalue weighted by molar-refractivity contribution is 7.92. The fourth-order valence-electron chi connectivity index (χ4n) is 2.74. The van der Waals surface area contributed by atoms with Gasteiger partial charge in [0, 0.05) is 5.69 Å². The molecule has 0 aliphatic carbocycles. The lowest BCUT2D eigenvalue weighted by molar-refractivity contribution is -0.116. The number of benzene rings is 2. The van der Waals surface area contributed by atoms with Gasteiger partial charge in [-0.05, 0) is 54.8 Å². The van der Waals surface area contributed by atoms with Crippen LogP contribution in [0.2, 0.25) is 0 Å². The second kappa shape index (κ2) is 8.43. The van der Waals surface area contributed by atoms with Crippen LogP contribution in [0.15, 0.2) is 48.5 Å². The van der Waals surface area contributed by atoms with Gasteiger partial charge in [0.25, 0.3) is 0 Å². The molecule has 0 fully saturated rings. The zero-order chi connectivity index (χ0) is 20.2. The van der Waals surface area contributed by atoms with E-state index in [0.717, 1.165) is 16.1 Å². The van der Waals surface area contributed by atoms with Gasteiger partial charge in [0.05, 0.1) is 19.1 Å². The molecule has 0 bridgehead atoms. The Labute approximate surface area is 161 Å². The van der Waals surface area contributed by atoms with E-state index in [1.807, 2.05) is 24.3 Å². The zero-order valence-corrected chi connectivity index (χ0v) is 17.1. The molecule has 0 aliphatic heterocycles. The van der Waals surface area contributed by atoms with Crippen LogP contribution in [-0.2, 0) is 14.8 Å². The molecule has 1 amide bonds. The molecule has 0 spiro atoms. The fraction of sp³-hybridized carbons (Fsp3) is 0.350. The molecule has 6 nitrogen and oxygen atoms in total. The van der Waals surface area contributed by atoms with E-state index >= 15 is 0 Å². The Morgan fingerprint density at radius 2 is 1.56 bits per heavy atom. The summed E-state index contributed by atoms with van der Waals surface area (Å²) < 4.78 is 30.8. The van der Waals surface area contributed by atoms with E-state index in [2.05, 4.69) is 19.2 Å². The first-order valence-electron chi connectivity index (χ1n) is 8.67. The number of rotatable bonds is 7. The first-order chi connectivity index (χ1) is 12.6. The van der Waals surface area contributed by atoms with Gasteiger partial charge in [-0.25, -0.2) is 8.42 Å². The maximum absolute atomic E-state index is 12.7. The van der Waals surface area contributed by atoms with Gasteiger partial charge >= 0.3 is 0 Å². The highest BCUT2D eigenvalue weighted by Gasteiger charge is 2.29. The Kier molecular flexibility index (Phi) is 6.49. The standard InChI is InChI=1S/C20H26N2O4S/c1-14(2)16-6-8-17(9-7-16)21-20(23)15(3)22(27(5,24)25)18-10-12-19(26-4)13-11-18/h6-15H,1-5H3,(H,21,23)/t15-/m0/s1. The highest BCUT2D eigenvalue weighted by Crippen LogP contribution is 2.24. The van der Waals surface area contributed by atoms with Crippen LogP contribution in [0.3, 0.4) is 0 Å². The van der Waals surface area contributed by atoms with Gasteiger partial charge in [-0.15, -0.1) is 0 Å². The lowest BCUT2D eigenvalue weighted by Gasteiger charge is -2.28. The number of nitrogens with zero attached hydrogens (tertiary/aromatic N) is 1. The van der Waals surface area contributed by atoms with Crippen molar-refractivity contribution < 1.29 is 17.9 Å². The summed E-state index contributed by atoms with van der Waals surface area (Å²) in [7, 11) is -2.13. The second-order valence-corrected chi connectivity index (χ2v) is 8.56. The summed E-state index contributed by atoms with van der Waals surface area (Å²) in [5.74, 6) is 0.590. The Balaban J connectivity index is 2.23. The Morgan fingerprint density at radius 3 is 2.00 bits per heavy atom. The summed E-state index contributed by atoms with van der Waals surface area (Å²) in [4.78, 5) is 12.7. The fourth-order valence-corrected chi connectivity index (χ4v) is 3.91. The van der Waals surface area contributed by atoms with Crippen LogP contribution in [0.25, 0.3) is 0 Å². The van der Waals surface area contributed by atoms with Crippen LogP contribution in [-0.4, -0.2) is 33.7 Å². The average molecular weight is 391 g/mol. The van der Waals surface area contributed by atoms with Gasteiger partial charge in [0.15, 0.2) is 0 Å². The van der Waals surface area contributed by atoms with Gasteiger partial charge < -0.3 is 10.1 Å². The second-order valence-electron chi connectivity index (χ2n) is 6.70. The average Bonchev–Trinajstić information content (AvgIpc) is 2.61. The third-order valence-electron chi connectivity index (χ3n) is 4.26. The first-order valence-corrected chi connectivity index (χ1v) is 10.5. The lowest BCUT2D eigenvalue weighted by Crippen LogP contribution is -2.45. The van der Waals surface area contributed by atoms with Crippen molar-refractivity contribution in [2.24, 2.45) is 0 Å². The van der Waals surface area contributed by atoms with E-state index in [4.69, 9.17) is 4.74 Å². The van der Waals surface area contributed by atoms with E-state index < -0.39 is 22.0 Å². The van der Waals surface area contributed by atoms with E-state index in [9.17, 15) is 13.2 Å². The molecular weight excluding hydrogens is 364 g/mol. The largest absolute Gasteiger partial charge is 0.497 e. The number of carbonyl (C=O) groups excluding carboxylic acids is 1. The van der Waals surface area contributed by atoms with Crippen molar-refractivity contribution in [2.45, 2.75) is 32.7 Å². The van der Waals surface area contributed by atoms with Crippen molar-refractivity contribution in [1.82, 2.24) is 0 Å². The summed E-state index contributed by atoms with van der Waals surface area (Å²) in [5.41, 5.74) is 2.19. The first kappa shape index (κ1) is 20.8. The van der Waals surface area contributed by atoms with Crippen LogP contribution in [0, 0.1) is 0 Å². The number of hydrogen-bond acceptors (Lipinski definition) is 4. The summed E-state index contributed by atoms with van der Waals surface area (Å²) in [6.07, 6.45) is 1.08. The molecule has 0 aromatic heterocycles. The molecule has 146 valence electrons. The molecule has 2 aromatic rings. The van der Waals surface area contributed by atoms with Crippen molar-refractivity contribution in [3.63, 3.8) is 0 Å². The van der Waals surface area contributed by atoms with Gasteiger partial charge in [-0.2, -0.15) is 0 Å². The van der Waals surface area contributed by atoms with Gasteiger partial charge in [0.2, 0.25) is 15.9 Å². The van der Waals surface area contributed by atoms with Gasteiger partial charge in [-0.1, -0.05) is 26.0 Å². The van der Waals surface area contributed by atoms with Crippen LogP contribution >= 0.6 is 0 Å². The monoisotopic (exact) mass is 390 g/mol. The van der Waals surface area contributed by atoms with E-state index in [-0.39, 0.29) is 0 Å². The van der Waals surface area contributed by atoms with Gasteiger partial charge in [0.1, 0.15) is 11.8 Å². The normalized spacial score (nSPS) is 12.5. The maximum Gasteiger partial charge on any atom is 0.247 e. The number of ether oxygens (including phenoxy) is 1. The van der Waals surface area contributed by atoms with Crippen molar-refractivity contribution in [1.29, 1.82) is 0 Å². The number of nitrogens with one attached hydrogen (secondary N) is 1. The van der Waals surface area contributed by atoms with E-state index in [1.54, 1.807) is 31.2 Å². The molecule has 0 radical (unpaired) electrons. The maximum atomic E-state index is 12.7. The SMILES string of the molecule is COc1ccc(N([C@@H](C)C(=O)Nc2ccc(C(C)C)cc2)S(C)(=O)=O)cc1. The minimum Gasteiger partial charge on any atom is -0.497 e. The Morgan fingerprint density at radius 1 is 1.00 bits per heavy atom. The number of methoxy groups -OCH3 is 1. The molecule has 0 saturated carbocycles. The van der Waals surface area contributed by atoms with Gasteiger partial charge in [-0.3, -0.25) is 9.10 Å². The molecule has 2 rings (SSSR count). The molecule has 0 heterocycles.